The lowest BCUT2D eigenvalue weighted by Crippen LogP contribution is -2.33. The predicted molar refractivity (Wildman–Crippen MR) is 76.1 cm³/mol. The van der Waals surface area contributed by atoms with E-state index in [2.05, 4.69) is 10.4 Å². The molecule has 0 aliphatic rings. The van der Waals surface area contributed by atoms with E-state index in [1.165, 1.54) is 6.07 Å². The lowest BCUT2D eigenvalue weighted by atomic mass is 10.2. The van der Waals surface area contributed by atoms with E-state index < -0.39 is 11.3 Å². The molecule has 6 nitrogen and oxygen atoms in total. The molecular weight excluding hydrogens is 282 g/mol. The highest BCUT2D eigenvalue weighted by Gasteiger charge is 2.16. The van der Waals surface area contributed by atoms with Crippen molar-refractivity contribution in [1.82, 2.24) is 15.1 Å². The van der Waals surface area contributed by atoms with E-state index in [0.29, 0.717) is 22.5 Å². The Hall–Kier alpha value is -1.92. The molecule has 0 spiro atoms. The molecule has 1 aromatic heterocycles. The Kier molecular flexibility index (Phi) is 4.36. The lowest BCUT2D eigenvalue weighted by molar-refractivity contribution is 0.0936. The quantitative estimate of drug-likeness (QED) is 0.873. The molecule has 0 bridgehead atoms. The van der Waals surface area contributed by atoms with Crippen LogP contribution < -0.4 is 10.7 Å². The molecule has 1 heterocycles. The number of fused-ring (bicyclic) bond motifs is 1. The van der Waals surface area contributed by atoms with Gasteiger partial charge in [-0.05, 0) is 25.1 Å². The molecule has 2 aromatic rings. The van der Waals surface area contributed by atoms with Gasteiger partial charge >= 0.3 is 0 Å². The summed E-state index contributed by atoms with van der Waals surface area (Å²) in [4.78, 5) is 24.2. The van der Waals surface area contributed by atoms with E-state index in [1.54, 1.807) is 16.8 Å². The highest BCUT2D eigenvalue weighted by atomic mass is 35.5. The molecule has 0 unspecified atom stereocenters. The minimum absolute atomic E-state index is 0.0691. The van der Waals surface area contributed by atoms with Gasteiger partial charge in [0.25, 0.3) is 5.91 Å². The third-order valence-corrected chi connectivity index (χ3v) is 3.06. The zero-order valence-electron chi connectivity index (χ0n) is 10.9. The second kappa shape index (κ2) is 6.02. The van der Waals surface area contributed by atoms with Crippen molar-refractivity contribution in [2.75, 3.05) is 13.2 Å². The summed E-state index contributed by atoms with van der Waals surface area (Å²) in [7, 11) is 0. The normalized spacial score (nSPS) is 10.8. The van der Waals surface area contributed by atoms with Gasteiger partial charge in [0.05, 0.1) is 17.5 Å². The van der Waals surface area contributed by atoms with Gasteiger partial charge in [0.15, 0.2) is 5.69 Å². The monoisotopic (exact) mass is 295 g/mol. The molecule has 2 N–H and O–H groups in total. The van der Waals surface area contributed by atoms with E-state index in [9.17, 15) is 9.59 Å². The van der Waals surface area contributed by atoms with Gasteiger partial charge in [0.1, 0.15) is 0 Å². The Morgan fingerprint density at radius 3 is 2.90 bits per heavy atom. The number of benzene rings is 1. The molecule has 0 atom stereocenters. The Morgan fingerprint density at radius 2 is 2.25 bits per heavy atom. The zero-order valence-corrected chi connectivity index (χ0v) is 11.6. The number of rotatable bonds is 4. The number of halogens is 1. The first-order valence-electron chi connectivity index (χ1n) is 6.18. The maximum Gasteiger partial charge on any atom is 0.275 e. The Balaban J connectivity index is 2.64. The number of aliphatic hydroxyl groups is 1. The number of nitrogens with zero attached hydrogens (tertiary/aromatic N) is 2. The molecule has 0 fully saturated rings. The van der Waals surface area contributed by atoms with Gasteiger partial charge in [0.2, 0.25) is 5.43 Å². The third kappa shape index (κ3) is 2.66. The Labute approximate surface area is 120 Å². The second-order valence-electron chi connectivity index (χ2n) is 4.13. The Morgan fingerprint density at radius 1 is 1.50 bits per heavy atom. The van der Waals surface area contributed by atoms with Crippen LogP contribution in [0.1, 0.15) is 17.4 Å². The van der Waals surface area contributed by atoms with E-state index in [4.69, 9.17) is 16.7 Å². The van der Waals surface area contributed by atoms with Crippen molar-refractivity contribution < 1.29 is 9.90 Å². The standard InChI is InChI=1S/C13H14ClN3O3/c1-2-17-10-4-3-8(14)7-9(10)12(19)11(16-17)13(20)15-5-6-18/h3-4,7,18H,2,5-6H2,1H3,(H,15,20). The number of amides is 1. The van der Waals surface area contributed by atoms with Crippen molar-refractivity contribution in [2.24, 2.45) is 0 Å². The van der Waals surface area contributed by atoms with Gasteiger partial charge in [-0.2, -0.15) is 5.10 Å². The summed E-state index contributed by atoms with van der Waals surface area (Å²) in [5.41, 5.74) is -0.0432. The number of carbonyl (C=O) groups is 1. The SMILES string of the molecule is CCn1nc(C(=O)NCCO)c(=O)c2cc(Cl)ccc21. The second-order valence-corrected chi connectivity index (χ2v) is 4.57. The van der Waals surface area contributed by atoms with Crippen LogP contribution in [0.25, 0.3) is 10.9 Å². The fourth-order valence-electron chi connectivity index (χ4n) is 1.91. The van der Waals surface area contributed by atoms with Crippen LogP contribution in [0.2, 0.25) is 5.02 Å². The zero-order chi connectivity index (χ0) is 14.7. The van der Waals surface area contributed by atoms with Crippen molar-refractivity contribution in [3.8, 4) is 0 Å². The van der Waals surface area contributed by atoms with Crippen LogP contribution in [0.5, 0.6) is 0 Å². The van der Waals surface area contributed by atoms with Crippen LogP contribution in [-0.2, 0) is 6.54 Å². The van der Waals surface area contributed by atoms with Crippen molar-refractivity contribution >= 4 is 28.4 Å². The number of aromatic nitrogens is 2. The van der Waals surface area contributed by atoms with E-state index >= 15 is 0 Å². The summed E-state index contributed by atoms with van der Waals surface area (Å²) < 4.78 is 1.57. The van der Waals surface area contributed by atoms with E-state index in [0.717, 1.165) is 0 Å². The van der Waals surface area contributed by atoms with Crippen LogP contribution in [-0.4, -0.2) is 33.9 Å². The molecule has 0 saturated carbocycles. The van der Waals surface area contributed by atoms with Crippen LogP contribution >= 0.6 is 11.6 Å². The minimum atomic E-state index is -0.604. The van der Waals surface area contributed by atoms with Gasteiger partial charge < -0.3 is 10.4 Å². The molecular formula is C13H14ClN3O3. The van der Waals surface area contributed by atoms with Gasteiger partial charge in [-0.1, -0.05) is 11.6 Å². The molecule has 7 heteroatoms. The average Bonchev–Trinajstić information content (AvgIpc) is 2.45. The van der Waals surface area contributed by atoms with Crippen LogP contribution in [0.4, 0.5) is 0 Å². The number of hydrogen-bond donors (Lipinski definition) is 2. The molecule has 20 heavy (non-hydrogen) atoms. The topological polar surface area (TPSA) is 84.2 Å². The average molecular weight is 296 g/mol. The first-order valence-corrected chi connectivity index (χ1v) is 6.55. The smallest absolute Gasteiger partial charge is 0.275 e. The summed E-state index contributed by atoms with van der Waals surface area (Å²) >= 11 is 5.90. The first kappa shape index (κ1) is 14.5. The fraction of sp³-hybridized carbons (Fsp3) is 0.308. The maximum absolute atomic E-state index is 12.3. The maximum atomic E-state index is 12.3. The summed E-state index contributed by atoms with van der Waals surface area (Å²) in [6, 6.07) is 4.89. The molecule has 1 amide bonds. The summed E-state index contributed by atoms with van der Waals surface area (Å²) in [5.74, 6) is -0.604. The molecule has 0 aliphatic carbocycles. The first-order chi connectivity index (χ1) is 9.58. The molecule has 106 valence electrons. The van der Waals surface area contributed by atoms with Gasteiger partial charge in [-0.15, -0.1) is 0 Å². The largest absolute Gasteiger partial charge is 0.395 e. The third-order valence-electron chi connectivity index (χ3n) is 2.83. The number of carbonyl (C=O) groups excluding carboxylic acids is 1. The number of aryl methyl sites for hydroxylation is 1. The highest BCUT2D eigenvalue weighted by molar-refractivity contribution is 6.31. The van der Waals surface area contributed by atoms with E-state index in [1.807, 2.05) is 6.92 Å². The van der Waals surface area contributed by atoms with Gasteiger partial charge in [-0.3, -0.25) is 14.3 Å². The van der Waals surface area contributed by atoms with Gasteiger partial charge in [-0.25, -0.2) is 0 Å². The molecule has 2 rings (SSSR count). The number of nitrogens with one attached hydrogen (secondary N) is 1. The summed E-state index contributed by atoms with van der Waals surface area (Å²) in [6.07, 6.45) is 0. The van der Waals surface area contributed by atoms with E-state index in [-0.39, 0.29) is 18.8 Å². The lowest BCUT2D eigenvalue weighted by Gasteiger charge is -2.10. The van der Waals surface area contributed by atoms with Crippen LogP contribution in [0, 0.1) is 0 Å². The van der Waals surface area contributed by atoms with Crippen LogP contribution in [0.15, 0.2) is 23.0 Å². The van der Waals surface area contributed by atoms with Crippen molar-refractivity contribution in [3.63, 3.8) is 0 Å². The summed E-state index contributed by atoms with van der Waals surface area (Å²) in [6.45, 7) is 2.24. The summed E-state index contributed by atoms with van der Waals surface area (Å²) in [5, 5.41) is 16.0. The van der Waals surface area contributed by atoms with Crippen molar-refractivity contribution in [3.05, 3.63) is 39.1 Å². The number of hydrogen-bond acceptors (Lipinski definition) is 4. The van der Waals surface area contributed by atoms with Crippen molar-refractivity contribution in [1.29, 1.82) is 0 Å². The predicted octanol–water partition coefficient (Wildman–Crippen LogP) is 0.792. The molecule has 0 radical (unpaired) electrons. The van der Waals surface area contributed by atoms with Crippen molar-refractivity contribution in [2.45, 2.75) is 13.5 Å². The van der Waals surface area contributed by atoms with Crippen LogP contribution in [0.3, 0.4) is 0 Å². The Bertz CT molecular complexity index is 712. The molecule has 0 saturated heterocycles. The number of aliphatic hydroxyl groups excluding tert-OH is 1. The highest BCUT2D eigenvalue weighted by Crippen LogP contribution is 2.16. The molecule has 0 aliphatic heterocycles. The minimum Gasteiger partial charge on any atom is -0.395 e. The fourth-order valence-corrected chi connectivity index (χ4v) is 2.08. The van der Waals surface area contributed by atoms with Gasteiger partial charge in [0, 0.05) is 18.1 Å². The molecule has 1 aromatic carbocycles.